The van der Waals surface area contributed by atoms with E-state index < -0.39 is 99.3 Å². The van der Waals surface area contributed by atoms with Crippen LogP contribution in [0.1, 0.15) is 168 Å². The van der Waals surface area contributed by atoms with Crippen molar-refractivity contribution < 1.29 is 73.8 Å². The molecule has 2 rings (SSSR count). The number of carbonyl (C=O) groups is 2. The van der Waals surface area contributed by atoms with Gasteiger partial charge in [-0.15, -0.1) is 0 Å². The second kappa shape index (κ2) is 41.4. The van der Waals surface area contributed by atoms with Crippen LogP contribution >= 0.6 is 0 Å². The van der Waals surface area contributed by atoms with Crippen LogP contribution < -0.4 is 0 Å². The van der Waals surface area contributed by atoms with Crippen LogP contribution in [-0.2, 0) is 38.0 Å². The van der Waals surface area contributed by atoms with E-state index in [0.717, 1.165) is 38.5 Å². The van der Waals surface area contributed by atoms with Crippen molar-refractivity contribution in [3.63, 3.8) is 0 Å². The van der Waals surface area contributed by atoms with Gasteiger partial charge in [-0.05, 0) is 77.0 Å². The molecule has 2 saturated heterocycles. The molecule has 15 heteroatoms. The van der Waals surface area contributed by atoms with Crippen LogP contribution in [0.15, 0.2) is 72.9 Å². The van der Waals surface area contributed by atoms with Gasteiger partial charge in [-0.2, -0.15) is 0 Å². The van der Waals surface area contributed by atoms with E-state index in [1.54, 1.807) is 0 Å². The number of unbranched alkanes of at least 4 members (excludes halogenated alkanes) is 14. The van der Waals surface area contributed by atoms with Crippen molar-refractivity contribution in [2.45, 2.75) is 235 Å². The Balaban J connectivity index is 1.85. The summed E-state index contributed by atoms with van der Waals surface area (Å²) in [5.41, 5.74) is 0. The zero-order chi connectivity index (χ0) is 51.0. The average molecular weight is 993 g/mol. The van der Waals surface area contributed by atoms with Gasteiger partial charge in [0.25, 0.3) is 0 Å². The lowest BCUT2D eigenvalue weighted by Crippen LogP contribution is -2.61. The summed E-state index contributed by atoms with van der Waals surface area (Å²) in [7, 11) is 0. The predicted molar refractivity (Wildman–Crippen MR) is 270 cm³/mol. The summed E-state index contributed by atoms with van der Waals surface area (Å²) < 4.78 is 33.5. The molecule has 0 amide bonds. The molecule has 0 aromatic carbocycles. The molecule has 0 saturated carbocycles. The minimum atomic E-state index is -1.78. The van der Waals surface area contributed by atoms with Gasteiger partial charge in [0, 0.05) is 12.8 Å². The number of ether oxygens (including phenoxy) is 6. The fourth-order valence-corrected chi connectivity index (χ4v) is 7.78. The zero-order valence-corrected chi connectivity index (χ0v) is 42.5. The lowest BCUT2D eigenvalue weighted by molar-refractivity contribution is -0.332. The third-order valence-corrected chi connectivity index (χ3v) is 12.2. The van der Waals surface area contributed by atoms with Crippen molar-refractivity contribution in [2.24, 2.45) is 0 Å². The molecular formula is C55H92O15. The molecule has 2 aliphatic rings. The van der Waals surface area contributed by atoms with E-state index in [2.05, 4.69) is 68.5 Å². The third kappa shape index (κ3) is 28.8. The molecule has 0 aliphatic carbocycles. The molecule has 402 valence electrons. The fraction of sp³-hybridized carbons (Fsp3) is 0.745. The SMILES string of the molecule is CCCCC/C=C/C/C=C/C/C=C/C/C=C/CCCC(=O)OC[C@@H](CO[C@@H]1O[C@H](CO[C@@H]2O[C@H](CO)[C@H](O)C(O)C2O)[C@H](O)C(O)C1O)OC(=O)CCC/C=C/C/C=C/CCCCCCCCCCC. The Morgan fingerprint density at radius 1 is 0.457 bits per heavy atom. The molecule has 7 N–H and O–H groups in total. The van der Waals surface area contributed by atoms with E-state index in [-0.39, 0.29) is 19.4 Å². The average Bonchev–Trinajstić information content (AvgIpc) is 3.35. The Morgan fingerprint density at radius 2 is 0.857 bits per heavy atom. The molecule has 0 radical (unpaired) electrons. The number of allylic oxidation sites excluding steroid dienone is 12. The Labute approximate surface area is 419 Å². The maximum Gasteiger partial charge on any atom is 0.306 e. The highest BCUT2D eigenvalue weighted by Crippen LogP contribution is 2.26. The molecule has 15 nitrogen and oxygen atoms in total. The van der Waals surface area contributed by atoms with Crippen LogP contribution in [0, 0.1) is 0 Å². The first-order valence-electron chi connectivity index (χ1n) is 26.5. The molecule has 2 fully saturated rings. The van der Waals surface area contributed by atoms with E-state index in [1.807, 2.05) is 18.2 Å². The fourth-order valence-electron chi connectivity index (χ4n) is 7.78. The van der Waals surface area contributed by atoms with Gasteiger partial charge in [0.2, 0.25) is 0 Å². The molecule has 2 heterocycles. The normalized spacial score (nSPS) is 26.0. The van der Waals surface area contributed by atoms with Crippen LogP contribution in [0.4, 0.5) is 0 Å². The van der Waals surface area contributed by atoms with Crippen molar-refractivity contribution in [1.29, 1.82) is 0 Å². The van der Waals surface area contributed by atoms with Crippen molar-refractivity contribution in [3.05, 3.63) is 72.9 Å². The lowest BCUT2D eigenvalue weighted by Gasteiger charge is -2.42. The maximum atomic E-state index is 13.0. The summed E-state index contributed by atoms with van der Waals surface area (Å²) >= 11 is 0. The van der Waals surface area contributed by atoms with Crippen molar-refractivity contribution in [3.8, 4) is 0 Å². The summed E-state index contributed by atoms with van der Waals surface area (Å²) in [4.78, 5) is 25.7. The largest absolute Gasteiger partial charge is 0.462 e. The molecule has 0 aromatic rings. The van der Waals surface area contributed by atoms with Gasteiger partial charge in [-0.25, -0.2) is 0 Å². The second-order valence-electron chi connectivity index (χ2n) is 18.3. The number of aliphatic hydroxyl groups is 7. The van der Waals surface area contributed by atoms with Crippen LogP contribution in [0.5, 0.6) is 0 Å². The third-order valence-electron chi connectivity index (χ3n) is 12.2. The molecular weight excluding hydrogens is 901 g/mol. The first-order chi connectivity index (χ1) is 34.0. The van der Waals surface area contributed by atoms with Crippen LogP contribution in [0.3, 0.4) is 0 Å². The molecule has 0 bridgehead atoms. The molecule has 70 heavy (non-hydrogen) atoms. The van der Waals surface area contributed by atoms with Gasteiger partial charge in [-0.3, -0.25) is 9.59 Å². The van der Waals surface area contributed by atoms with E-state index in [9.17, 15) is 45.3 Å². The number of esters is 2. The standard InChI is InChI=1S/C55H92O15/c1-3-5-7-9-11-13-15-17-19-21-23-25-27-29-31-33-35-37-46(57)65-40-43(68-47(58)38-36-34-32-30-28-26-24-22-20-18-16-14-12-10-8-6-4-2)41-66-54-53(64)51(62)49(60)45(70-54)42-67-55-52(63)50(61)48(59)44(39-56)69-55/h11,13,17,19,23-26,29-32,43-45,48-56,59-64H,3-10,12,14-16,18,20-22,27-28,33-42H2,1-2H3/b13-11+,19-17+,25-23+,26-24+,31-29+,32-30+/t43-,44+,45+,48-,49-,50?,51?,52?,53?,54+,55+/m0/s1. The summed E-state index contributed by atoms with van der Waals surface area (Å²) in [6.45, 7) is 2.45. The lowest BCUT2D eigenvalue weighted by atomic mass is 9.98. The number of hydrogen-bond donors (Lipinski definition) is 7. The molecule has 0 aromatic heterocycles. The summed E-state index contributed by atoms with van der Waals surface area (Å²) in [5, 5.41) is 72.1. The minimum Gasteiger partial charge on any atom is -0.462 e. The maximum absolute atomic E-state index is 13.0. The highest BCUT2D eigenvalue weighted by molar-refractivity contribution is 5.70. The Kier molecular flexibility index (Phi) is 37.3. The van der Waals surface area contributed by atoms with Crippen molar-refractivity contribution >= 4 is 11.9 Å². The molecule has 4 unspecified atom stereocenters. The van der Waals surface area contributed by atoms with Gasteiger partial charge >= 0.3 is 11.9 Å². The molecule has 11 atom stereocenters. The highest BCUT2D eigenvalue weighted by Gasteiger charge is 2.47. The van der Waals surface area contributed by atoms with Crippen LogP contribution in [0.25, 0.3) is 0 Å². The zero-order valence-electron chi connectivity index (χ0n) is 42.5. The quantitative estimate of drug-likeness (QED) is 0.0176. The first kappa shape index (κ1) is 63.1. The second-order valence-corrected chi connectivity index (χ2v) is 18.3. The first-order valence-corrected chi connectivity index (χ1v) is 26.5. The van der Waals surface area contributed by atoms with Gasteiger partial charge in [0.15, 0.2) is 18.7 Å². The number of carbonyl (C=O) groups excluding carboxylic acids is 2. The monoisotopic (exact) mass is 993 g/mol. The Hall–Kier alpha value is -3.06. The van der Waals surface area contributed by atoms with Crippen molar-refractivity contribution in [1.82, 2.24) is 0 Å². The summed E-state index contributed by atoms with van der Waals surface area (Å²) in [5.74, 6) is -1.05. The molecule has 0 spiro atoms. The number of rotatable bonds is 40. The minimum absolute atomic E-state index is 0.0864. The van der Waals surface area contributed by atoms with E-state index in [4.69, 9.17) is 28.4 Å². The number of hydrogen-bond acceptors (Lipinski definition) is 15. The van der Waals surface area contributed by atoms with Gasteiger partial charge in [0.1, 0.15) is 55.4 Å². The topological polar surface area (TPSA) is 231 Å². The smallest absolute Gasteiger partial charge is 0.306 e. The summed E-state index contributed by atoms with van der Waals surface area (Å²) in [6, 6.07) is 0. The predicted octanol–water partition coefficient (Wildman–Crippen LogP) is 7.82. The van der Waals surface area contributed by atoms with Crippen LogP contribution in [-0.4, -0.2) is 142 Å². The molecule has 2 aliphatic heterocycles. The van der Waals surface area contributed by atoms with Gasteiger partial charge in [-0.1, -0.05) is 151 Å². The summed E-state index contributed by atoms with van der Waals surface area (Å²) in [6.07, 6.45) is 32.3. The van der Waals surface area contributed by atoms with E-state index >= 15 is 0 Å². The number of aliphatic hydroxyl groups excluding tert-OH is 7. The highest BCUT2D eigenvalue weighted by atomic mass is 16.7. The van der Waals surface area contributed by atoms with Gasteiger partial charge in [0.05, 0.1) is 19.8 Å². The van der Waals surface area contributed by atoms with E-state index in [1.165, 1.54) is 77.0 Å². The Bertz CT molecular complexity index is 1490. The Morgan fingerprint density at radius 3 is 1.37 bits per heavy atom. The van der Waals surface area contributed by atoms with Crippen LogP contribution in [0.2, 0.25) is 0 Å². The van der Waals surface area contributed by atoms with E-state index in [0.29, 0.717) is 25.7 Å². The van der Waals surface area contributed by atoms with Gasteiger partial charge < -0.3 is 64.2 Å². The van der Waals surface area contributed by atoms with Crippen molar-refractivity contribution in [2.75, 3.05) is 26.4 Å².